The minimum Gasteiger partial charge on any atom is -0.494 e. The molecule has 0 amide bonds. The third-order valence-electron chi connectivity index (χ3n) is 4.35. The van der Waals surface area contributed by atoms with Crippen LogP contribution in [0.25, 0.3) is 0 Å². The highest BCUT2D eigenvalue weighted by atomic mass is 35.5. The molecule has 1 aromatic carbocycles. The van der Waals surface area contributed by atoms with E-state index in [0.29, 0.717) is 25.0 Å². The fraction of sp³-hybridized carbons (Fsp3) is 0.667. The summed E-state index contributed by atoms with van der Waals surface area (Å²) in [5.41, 5.74) is 2.48. The van der Waals surface area contributed by atoms with E-state index in [1.165, 1.54) is 5.56 Å². The molecule has 1 aromatic rings. The Morgan fingerprint density at radius 1 is 1.18 bits per heavy atom. The summed E-state index contributed by atoms with van der Waals surface area (Å²) in [6.07, 6.45) is 1.08. The summed E-state index contributed by atoms with van der Waals surface area (Å²) in [7, 11) is 0. The largest absolute Gasteiger partial charge is 0.494 e. The molecule has 0 saturated carbocycles. The van der Waals surface area contributed by atoms with Crippen LogP contribution in [-0.4, -0.2) is 31.2 Å². The number of alkyl halides is 1. The summed E-state index contributed by atoms with van der Waals surface area (Å²) in [6.45, 7) is 13.0. The highest BCUT2D eigenvalue weighted by molar-refractivity contribution is 6.18. The second-order valence-corrected chi connectivity index (χ2v) is 6.83. The molecule has 0 spiro atoms. The van der Waals surface area contributed by atoms with Gasteiger partial charge in [0.15, 0.2) is 0 Å². The summed E-state index contributed by atoms with van der Waals surface area (Å²) in [4.78, 5) is 2.39. The molecular formula is C18H28ClNO2. The Kier molecular flexibility index (Phi) is 5.49. The Morgan fingerprint density at radius 2 is 1.77 bits per heavy atom. The van der Waals surface area contributed by atoms with E-state index in [0.717, 1.165) is 30.2 Å². The van der Waals surface area contributed by atoms with Gasteiger partial charge >= 0.3 is 0 Å². The Bertz CT molecular complexity index is 516. The lowest BCUT2D eigenvalue weighted by molar-refractivity contribution is 0.308. The third-order valence-corrected chi connectivity index (χ3v) is 4.52. The molecule has 124 valence electrons. The number of benzene rings is 1. The summed E-state index contributed by atoms with van der Waals surface area (Å²) in [5.74, 6) is 2.94. The maximum atomic E-state index is 6.08. The molecule has 1 atom stereocenters. The van der Waals surface area contributed by atoms with E-state index in [4.69, 9.17) is 21.1 Å². The van der Waals surface area contributed by atoms with Gasteiger partial charge in [-0.3, -0.25) is 0 Å². The molecular weight excluding hydrogens is 298 g/mol. The molecule has 1 aliphatic heterocycles. The molecule has 0 bridgehead atoms. The standard InChI is InChI=1S/C18H28ClNO2/c1-6-21-14-8-9-15(22-7-2)17-16(14)13(3)12-18(4,5)20(17)11-10-19/h8-9,13H,6-7,10-12H2,1-5H3. The molecule has 0 N–H and O–H groups in total. The van der Waals surface area contributed by atoms with Crippen molar-refractivity contribution in [1.29, 1.82) is 0 Å². The number of nitrogens with zero attached hydrogens (tertiary/aromatic N) is 1. The van der Waals surface area contributed by atoms with Gasteiger partial charge in [0.25, 0.3) is 0 Å². The summed E-state index contributed by atoms with van der Waals surface area (Å²) >= 11 is 6.08. The van der Waals surface area contributed by atoms with Crippen molar-refractivity contribution in [2.75, 3.05) is 30.5 Å². The van der Waals surface area contributed by atoms with Crippen LogP contribution < -0.4 is 14.4 Å². The van der Waals surface area contributed by atoms with E-state index in [1.807, 2.05) is 26.0 Å². The van der Waals surface area contributed by atoms with Crippen LogP contribution in [0.1, 0.15) is 52.5 Å². The van der Waals surface area contributed by atoms with Crippen molar-refractivity contribution in [3.63, 3.8) is 0 Å². The lowest BCUT2D eigenvalue weighted by atomic mass is 9.79. The number of fused-ring (bicyclic) bond motifs is 1. The van der Waals surface area contributed by atoms with Crippen LogP contribution in [0.2, 0.25) is 0 Å². The smallest absolute Gasteiger partial charge is 0.143 e. The topological polar surface area (TPSA) is 21.7 Å². The first-order valence-corrected chi connectivity index (χ1v) is 8.75. The molecule has 4 heteroatoms. The van der Waals surface area contributed by atoms with Crippen LogP contribution >= 0.6 is 11.6 Å². The first-order chi connectivity index (χ1) is 10.5. The normalized spacial score (nSPS) is 19.7. The van der Waals surface area contributed by atoms with E-state index >= 15 is 0 Å². The molecule has 1 unspecified atom stereocenters. The fourth-order valence-electron chi connectivity index (χ4n) is 3.64. The van der Waals surface area contributed by atoms with Crippen molar-refractivity contribution in [1.82, 2.24) is 0 Å². The molecule has 1 aliphatic rings. The third kappa shape index (κ3) is 3.15. The van der Waals surface area contributed by atoms with Crippen LogP contribution in [0.5, 0.6) is 11.5 Å². The van der Waals surface area contributed by atoms with Crippen LogP contribution in [0, 0.1) is 0 Å². The molecule has 0 radical (unpaired) electrons. The van der Waals surface area contributed by atoms with Gasteiger partial charge in [-0.1, -0.05) is 6.92 Å². The average molecular weight is 326 g/mol. The molecule has 3 nitrogen and oxygen atoms in total. The van der Waals surface area contributed by atoms with Gasteiger partial charge in [0.1, 0.15) is 11.5 Å². The average Bonchev–Trinajstić information content (AvgIpc) is 2.45. The second-order valence-electron chi connectivity index (χ2n) is 6.45. The monoisotopic (exact) mass is 325 g/mol. The maximum Gasteiger partial charge on any atom is 0.143 e. The fourth-order valence-corrected chi connectivity index (χ4v) is 3.81. The van der Waals surface area contributed by atoms with Gasteiger partial charge in [-0.2, -0.15) is 0 Å². The van der Waals surface area contributed by atoms with Crippen molar-refractivity contribution >= 4 is 17.3 Å². The number of hydrogen-bond acceptors (Lipinski definition) is 3. The number of rotatable bonds is 6. The molecule has 0 aromatic heterocycles. The number of ether oxygens (including phenoxy) is 2. The van der Waals surface area contributed by atoms with Crippen LogP contribution in [0.4, 0.5) is 5.69 Å². The number of halogens is 1. The Morgan fingerprint density at radius 3 is 2.36 bits per heavy atom. The van der Waals surface area contributed by atoms with E-state index < -0.39 is 0 Å². The highest BCUT2D eigenvalue weighted by Gasteiger charge is 2.39. The number of hydrogen-bond donors (Lipinski definition) is 0. The molecule has 0 aliphatic carbocycles. The van der Waals surface area contributed by atoms with Gasteiger partial charge < -0.3 is 14.4 Å². The highest BCUT2D eigenvalue weighted by Crippen LogP contribution is 2.51. The Hall–Kier alpha value is -1.09. The van der Waals surface area contributed by atoms with Crippen LogP contribution in [0.3, 0.4) is 0 Å². The van der Waals surface area contributed by atoms with Crippen molar-refractivity contribution in [3.8, 4) is 11.5 Å². The Balaban J connectivity index is 2.64. The van der Waals surface area contributed by atoms with Crippen molar-refractivity contribution in [3.05, 3.63) is 17.7 Å². The molecule has 0 saturated heterocycles. The minimum atomic E-state index is 0.0536. The van der Waals surface area contributed by atoms with E-state index in [9.17, 15) is 0 Å². The summed E-state index contributed by atoms with van der Waals surface area (Å²) in [5, 5.41) is 0. The minimum absolute atomic E-state index is 0.0536. The van der Waals surface area contributed by atoms with Crippen LogP contribution in [-0.2, 0) is 0 Å². The molecule has 1 heterocycles. The van der Waals surface area contributed by atoms with E-state index in [-0.39, 0.29) is 5.54 Å². The van der Waals surface area contributed by atoms with Crippen LogP contribution in [0.15, 0.2) is 12.1 Å². The first kappa shape index (κ1) is 17.3. The zero-order valence-corrected chi connectivity index (χ0v) is 15.2. The second kappa shape index (κ2) is 6.99. The zero-order valence-electron chi connectivity index (χ0n) is 14.4. The van der Waals surface area contributed by atoms with Crippen molar-refractivity contribution < 1.29 is 9.47 Å². The quantitative estimate of drug-likeness (QED) is 0.700. The van der Waals surface area contributed by atoms with Gasteiger partial charge in [-0.25, -0.2) is 0 Å². The van der Waals surface area contributed by atoms with Gasteiger partial charge in [0.2, 0.25) is 0 Å². The summed E-state index contributed by atoms with van der Waals surface area (Å²) in [6, 6.07) is 4.07. The lowest BCUT2D eigenvalue weighted by Gasteiger charge is -2.48. The van der Waals surface area contributed by atoms with E-state index in [1.54, 1.807) is 0 Å². The number of anilines is 1. The first-order valence-electron chi connectivity index (χ1n) is 8.22. The summed E-state index contributed by atoms with van der Waals surface area (Å²) < 4.78 is 11.8. The maximum absolute atomic E-state index is 6.08. The van der Waals surface area contributed by atoms with Gasteiger partial charge in [-0.15, -0.1) is 11.6 Å². The lowest BCUT2D eigenvalue weighted by Crippen LogP contribution is -2.49. The zero-order chi connectivity index (χ0) is 16.3. The predicted octanol–water partition coefficient (Wildman–Crippen LogP) is 4.82. The molecule has 0 fully saturated rings. The Labute approximate surface area is 139 Å². The molecule has 22 heavy (non-hydrogen) atoms. The van der Waals surface area contributed by atoms with Gasteiger partial charge in [0, 0.05) is 23.5 Å². The van der Waals surface area contributed by atoms with E-state index in [2.05, 4.69) is 25.7 Å². The van der Waals surface area contributed by atoms with Gasteiger partial charge in [0.05, 0.1) is 18.9 Å². The van der Waals surface area contributed by atoms with Crippen molar-refractivity contribution in [2.24, 2.45) is 0 Å². The van der Waals surface area contributed by atoms with Crippen molar-refractivity contribution in [2.45, 2.75) is 52.5 Å². The SMILES string of the molecule is CCOc1ccc(OCC)c2c1C(C)CC(C)(C)N2CCCl. The van der Waals surface area contributed by atoms with Gasteiger partial charge in [-0.05, 0) is 52.2 Å². The molecule has 2 rings (SSSR count). The predicted molar refractivity (Wildman–Crippen MR) is 94.0 cm³/mol.